The number of hydrogen-bond donors (Lipinski definition) is 0. The van der Waals surface area contributed by atoms with Gasteiger partial charge in [-0.15, -0.1) is 0 Å². The van der Waals surface area contributed by atoms with Gasteiger partial charge in [0.1, 0.15) is 0 Å². The van der Waals surface area contributed by atoms with Crippen LogP contribution in [0, 0.1) is 34.5 Å². The first kappa shape index (κ1) is 15.0. The standard InChI is InChI=1S/C21H32O/c1-4-14-6-8-18-17-7-5-15-13-16(22)9-11-21(15,3)19(17)10-12-20(14,18)2/h13-14,17-19H,4-12H2,1-3H3/t14?,17?,18?,19?,20-,21?/m1/s1. The van der Waals surface area contributed by atoms with Gasteiger partial charge in [0, 0.05) is 6.42 Å². The summed E-state index contributed by atoms with van der Waals surface area (Å²) in [5.74, 6) is 4.11. The Morgan fingerprint density at radius 3 is 2.64 bits per heavy atom. The normalized spacial score (nSPS) is 50.9. The van der Waals surface area contributed by atoms with Crippen LogP contribution in [0.25, 0.3) is 0 Å². The van der Waals surface area contributed by atoms with Gasteiger partial charge in [-0.2, -0.15) is 0 Å². The molecule has 0 saturated heterocycles. The van der Waals surface area contributed by atoms with Crippen LogP contribution >= 0.6 is 0 Å². The highest BCUT2D eigenvalue weighted by Gasteiger charge is 2.58. The van der Waals surface area contributed by atoms with E-state index in [0.29, 0.717) is 16.6 Å². The third-order valence-electron chi connectivity index (χ3n) is 8.65. The molecule has 0 bridgehead atoms. The lowest BCUT2D eigenvalue weighted by Gasteiger charge is -2.58. The van der Waals surface area contributed by atoms with Gasteiger partial charge in [-0.3, -0.25) is 4.79 Å². The van der Waals surface area contributed by atoms with Crippen LogP contribution < -0.4 is 0 Å². The Hall–Kier alpha value is -0.590. The van der Waals surface area contributed by atoms with E-state index in [9.17, 15) is 4.79 Å². The maximum absolute atomic E-state index is 11.9. The van der Waals surface area contributed by atoms with Crippen molar-refractivity contribution in [3.05, 3.63) is 11.6 Å². The van der Waals surface area contributed by atoms with E-state index in [1.54, 1.807) is 0 Å². The molecule has 0 aromatic carbocycles. The summed E-state index contributed by atoms with van der Waals surface area (Å²) in [4.78, 5) is 11.9. The monoisotopic (exact) mass is 300 g/mol. The molecular weight excluding hydrogens is 268 g/mol. The van der Waals surface area contributed by atoms with Gasteiger partial charge in [0.25, 0.3) is 0 Å². The number of carbonyl (C=O) groups excluding carboxylic acids is 1. The maximum Gasteiger partial charge on any atom is 0.155 e. The highest BCUT2D eigenvalue weighted by molar-refractivity contribution is 5.91. The van der Waals surface area contributed by atoms with Crippen LogP contribution in [0.2, 0.25) is 0 Å². The molecule has 6 atom stereocenters. The molecule has 3 saturated carbocycles. The highest BCUT2D eigenvalue weighted by atomic mass is 16.1. The second kappa shape index (κ2) is 4.95. The van der Waals surface area contributed by atoms with Crippen molar-refractivity contribution in [2.24, 2.45) is 34.5 Å². The van der Waals surface area contributed by atoms with Crippen LogP contribution in [0.5, 0.6) is 0 Å². The van der Waals surface area contributed by atoms with Gasteiger partial charge in [-0.25, -0.2) is 0 Å². The Balaban J connectivity index is 1.67. The molecule has 22 heavy (non-hydrogen) atoms. The minimum Gasteiger partial charge on any atom is -0.295 e. The number of hydrogen-bond acceptors (Lipinski definition) is 1. The SMILES string of the molecule is CCC1CCC2C3CCC4=CC(=O)CCC4(C)C3CC[C@]12C. The molecule has 0 N–H and O–H groups in total. The van der Waals surface area contributed by atoms with Crippen molar-refractivity contribution in [2.45, 2.75) is 78.6 Å². The Kier molecular flexibility index (Phi) is 3.37. The number of carbonyl (C=O) groups is 1. The van der Waals surface area contributed by atoms with Gasteiger partial charge in [-0.1, -0.05) is 32.8 Å². The molecule has 0 aromatic heterocycles. The van der Waals surface area contributed by atoms with Gasteiger partial charge < -0.3 is 0 Å². The summed E-state index contributed by atoms with van der Waals surface area (Å²) >= 11 is 0. The number of fused-ring (bicyclic) bond motifs is 5. The third kappa shape index (κ3) is 1.86. The van der Waals surface area contributed by atoms with Gasteiger partial charge in [-0.05, 0) is 85.5 Å². The van der Waals surface area contributed by atoms with Gasteiger partial charge in [0.05, 0.1) is 0 Å². The molecule has 4 aliphatic carbocycles. The van der Waals surface area contributed by atoms with Crippen molar-refractivity contribution in [3.8, 4) is 0 Å². The van der Waals surface area contributed by atoms with E-state index < -0.39 is 0 Å². The molecule has 122 valence electrons. The Bertz CT molecular complexity index is 518. The molecule has 0 aromatic rings. The van der Waals surface area contributed by atoms with Crippen LogP contribution in [-0.4, -0.2) is 5.78 Å². The molecular formula is C21H32O. The first-order chi connectivity index (χ1) is 10.5. The summed E-state index contributed by atoms with van der Waals surface area (Å²) in [6.45, 7) is 7.52. The van der Waals surface area contributed by atoms with Crippen LogP contribution in [0.4, 0.5) is 0 Å². The molecule has 1 nitrogen and oxygen atoms in total. The summed E-state index contributed by atoms with van der Waals surface area (Å²) < 4.78 is 0. The van der Waals surface area contributed by atoms with Gasteiger partial charge >= 0.3 is 0 Å². The van der Waals surface area contributed by atoms with Crippen LogP contribution in [0.15, 0.2) is 11.6 Å². The summed E-state index contributed by atoms with van der Waals surface area (Å²) in [6.07, 6.45) is 13.7. The molecule has 5 unspecified atom stereocenters. The lowest BCUT2D eigenvalue weighted by atomic mass is 9.47. The quantitative estimate of drug-likeness (QED) is 0.621. The fourth-order valence-electron chi connectivity index (χ4n) is 7.34. The molecule has 0 spiro atoms. The van der Waals surface area contributed by atoms with E-state index in [-0.39, 0.29) is 0 Å². The number of ketones is 1. The molecule has 1 heteroatoms. The molecule has 4 rings (SSSR count). The molecule has 3 fully saturated rings. The summed E-state index contributed by atoms with van der Waals surface area (Å²) in [6, 6.07) is 0. The van der Waals surface area contributed by atoms with Gasteiger partial charge in [0.2, 0.25) is 0 Å². The van der Waals surface area contributed by atoms with Crippen LogP contribution in [0.1, 0.15) is 78.6 Å². The summed E-state index contributed by atoms with van der Waals surface area (Å²) in [5, 5.41) is 0. The second-order valence-corrected chi connectivity index (χ2v) is 9.20. The third-order valence-corrected chi connectivity index (χ3v) is 8.65. The molecule has 0 aliphatic heterocycles. The van der Waals surface area contributed by atoms with Crippen LogP contribution in [0.3, 0.4) is 0 Å². The van der Waals surface area contributed by atoms with E-state index >= 15 is 0 Å². The number of rotatable bonds is 1. The fraction of sp³-hybridized carbons (Fsp3) is 0.857. The molecule has 0 radical (unpaired) electrons. The predicted octanol–water partition coefficient (Wildman–Crippen LogP) is 5.54. The Morgan fingerprint density at radius 2 is 1.86 bits per heavy atom. The van der Waals surface area contributed by atoms with Crippen molar-refractivity contribution >= 4 is 5.78 Å². The maximum atomic E-state index is 11.9. The largest absolute Gasteiger partial charge is 0.295 e. The average molecular weight is 300 g/mol. The highest BCUT2D eigenvalue weighted by Crippen LogP contribution is 2.66. The number of allylic oxidation sites excluding steroid dienone is 1. The average Bonchev–Trinajstić information content (AvgIpc) is 2.84. The first-order valence-electron chi connectivity index (χ1n) is 9.73. The Labute approximate surface area is 135 Å². The predicted molar refractivity (Wildman–Crippen MR) is 90.5 cm³/mol. The molecule has 0 amide bonds. The smallest absolute Gasteiger partial charge is 0.155 e. The molecule has 4 aliphatic rings. The fourth-order valence-corrected chi connectivity index (χ4v) is 7.34. The first-order valence-corrected chi connectivity index (χ1v) is 9.73. The Morgan fingerprint density at radius 1 is 1.05 bits per heavy atom. The lowest BCUT2D eigenvalue weighted by Crippen LogP contribution is -2.50. The van der Waals surface area contributed by atoms with Crippen molar-refractivity contribution in [2.75, 3.05) is 0 Å². The van der Waals surface area contributed by atoms with E-state index in [4.69, 9.17) is 0 Å². The van der Waals surface area contributed by atoms with E-state index in [2.05, 4.69) is 20.8 Å². The minimum absolute atomic E-state index is 0.350. The van der Waals surface area contributed by atoms with Crippen molar-refractivity contribution in [1.29, 1.82) is 0 Å². The summed E-state index contributed by atoms with van der Waals surface area (Å²) in [5.41, 5.74) is 2.49. The van der Waals surface area contributed by atoms with Crippen molar-refractivity contribution < 1.29 is 4.79 Å². The second-order valence-electron chi connectivity index (χ2n) is 9.20. The van der Waals surface area contributed by atoms with Crippen molar-refractivity contribution in [3.63, 3.8) is 0 Å². The lowest BCUT2D eigenvalue weighted by molar-refractivity contribution is -0.117. The van der Waals surface area contributed by atoms with E-state index in [1.807, 2.05) is 6.08 Å². The minimum atomic E-state index is 0.350. The molecule has 0 heterocycles. The van der Waals surface area contributed by atoms with E-state index in [1.165, 1.54) is 50.5 Å². The zero-order chi connectivity index (χ0) is 15.5. The topological polar surface area (TPSA) is 17.1 Å². The zero-order valence-corrected chi connectivity index (χ0v) is 14.7. The zero-order valence-electron chi connectivity index (χ0n) is 14.7. The van der Waals surface area contributed by atoms with Crippen LogP contribution in [-0.2, 0) is 4.79 Å². The van der Waals surface area contributed by atoms with Crippen molar-refractivity contribution in [1.82, 2.24) is 0 Å². The van der Waals surface area contributed by atoms with Gasteiger partial charge in [0.15, 0.2) is 5.78 Å². The van der Waals surface area contributed by atoms with E-state index in [0.717, 1.165) is 36.5 Å². The summed E-state index contributed by atoms with van der Waals surface area (Å²) in [7, 11) is 0.